The highest BCUT2D eigenvalue weighted by atomic mass is 32.1. The van der Waals surface area contributed by atoms with E-state index in [0.29, 0.717) is 6.10 Å². The molecule has 1 aliphatic heterocycles. The van der Waals surface area contributed by atoms with Gasteiger partial charge < -0.3 is 10.1 Å². The Labute approximate surface area is 132 Å². The Hall–Kier alpha value is -1.79. The molecule has 3 aromatic heterocycles. The zero-order valence-corrected chi connectivity index (χ0v) is 13.5. The van der Waals surface area contributed by atoms with Crippen LogP contribution in [0.2, 0.25) is 0 Å². The fraction of sp³-hybridized carbons (Fsp3) is 0.438. The molecule has 1 unspecified atom stereocenters. The predicted octanol–water partition coefficient (Wildman–Crippen LogP) is 3.45. The van der Waals surface area contributed by atoms with Gasteiger partial charge in [0.1, 0.15) is 17.0 Å². The Morgan fingerprint density at radius 3 is 3.09 bits per heavy atom. The largest absolute Gasteiger partial charge is 0.376 e. The van der Waals surface area contributed by atoms with Gasteiger partial charge in [-0.05, 0) is 38.3 Å². The van der Waals surface area contributed by atoms with Gasteiger partial charge in [-0.2, -0.15) is 0 Å². The molecule has 1 atom stereocenters. The fourth-order valence-electron chi connectivity index (χ4n) is 3.05. The lowest BCUT2D eigenvalue weighted by molar-refractivity contribution is 0.120. The standard InChI is InChI=1S/C16H18N4OS/c1-9-6-10(2)20-16-12(9)13-14(22-16)15(19-8-18-13)17-7-11-4-3-5-21-11/h6,8,11H,3-5,7H2,1-2H3,(H,17,18,19). The second kappa shape index (κ2) is 5.44. The maximum Gasteiger partial charge on any atom is 0.147 e. The van der Waals surface area contributed by atoms with E-state index in [9.17, 15) is 0 Å². The molecule has 1 fully saturated rings. The number of hydrogen-bond donors (Lipinski definition) is 1. The Morgan fingerprint density at radius 2 is 2.27 bits per heavy atom. The number of rotatable bonds is 3. The van der Waals surface area contributed by atoms with Crippen LogP contribution in [0.15, 0.2) is 12.4 Å². The highest BCUT2D eigenvalue weighted by molar-refractivity contribution is 7.26. The van der Waals surface area contributed by atoms with E-state index in [0.717, 1.165) is 57.9 Å². The zero-order chi connectivity index (χ0) is 15.1. The Morgan fingerprint density at radius 1 is 1.36 bits per heavy atom. The number of nitrogens with zero attached hydrogens (tertiary/aromatic N) is 3. The first kappa shape index (κ1) is 13.8. The van der Waals surface area contributed by atoms with E-state index in [1.807, 2.05) is 6.92 Å². The van der Waals surface area contributed by atoms with E-state index in [-0.39, 0.29) is 0 Å². The molecule has 0 aromatic carbocycles. The lowest BCUT2D eigenvalue weighted by Gasteiger charge is -2.11. The summed E-state index contributed by atoms with van der Waals surface area (Å²) in [5, 5.41) is 4.58. The van der Waals surface area contributed by atoms with Crippen LogP contribution < -0.4 is 5.32 Å². The van der Waals surface area contributed by atoms with Gasteiger partial charge in [0.05, 0.1) is 16.3 Å². The SMILES string of the molecule is Cc1cc(C)c2c(n1)sc1c(NCC3CCCO3)ncnc12. The molecule has 114 valence electrons. The quantitative estimate of drug-likeness (QED) is 0.802. The van der Waals surface area contributed by atoms with Crippen molar-refractivity contribution in [1.82, 2.24) is 15.0 Å². The second-order valence-corrected chi connectivity index (χ2v) is 6.78. The third kappa shape index (κ3) is 2.32. The summed E-state index contributed by atoms with van der Waals surface area (Å²) in [5.41, 5.74) is 3.26. The van der Waals surface area contributed by atoms with Crippen molar-refractivity contribution in [2.24, 2.45) is 0 Å². The van der Waals surface area contributed by atoms with E-state index >= 15 is 0 Å². The summed E-state index contributed by atoms with van der Waals surface area (Å²) in [6.45, 7) is 5.81. The molecule has 0 bridgehead atoms. The Balaban J connectivity index is 1.77. The van der Waals surface area contributed by atoms with Crippen molar-refractivity contribution < 1.29 is 4.74 Å². The number of aryl methyl sites for hydroxylation is 2. The first-order valence-corrected chi connectivity index (χ1v) is 8.41. The van der Waals surface area contributed by atoms with Crippen LogP contribution in [0.25, 0.3) is 20.4 Å². The molecule has 0 amide bonds. The molecule has 1 aliphatic rings. The third-order valence-electron chi connectivity index (χ3n) is 4.07. The maximum absolute atomic E-state index is 5.67. The summed E-state index contributed by atoms with van der Waals surface area (Å²) in [6.07, 6.45) is 4.19. The van der Waals surface area contributed by atoms with E-state index in [1.54, 1.807) is 17.7 Å². The summed E-state index contributed by atoms with van der Waals surface area (Å²) in [7, 11) is 0. The van der Waals surface area contributed by atoms with Crippen LogP contribution in [0.4, 0.5) is 5.82 Å². The predicted molar refractivity (Wildman–Crippen MR) is 89.7 cm³/mol. The van der Waals surface area contributed by atoms with Crippen molar-refractivity contribution in [2.75, 3.05) is 18.5 Å². The molecule has 1 N–H and O–H groups in total. The van der Waals surface area contributed by atoms with Crippen LogP contribution in [0.3, 0.4) is 0 Å². The zero-order valence-electron chi connectivity index (χ0n) is 12.7. The van der Waals surface area contributed by atoms with Crippen molar-refractivity contribution >= 4 is 37.6 Å². The molecule has 4 rings (SSSR count). The molecular formula is C16H18N4OS. The minimum absolute atomic E-state index is 0.293. The van der Waals surface area contributed by atoms with Gasteiger partial charge in [0.25, 0.3) is 0 Å². The minimum atomic E-state index is 0.293. The van der Waals surface area contributed by atoms with Crippen molar-refractivity contribution in [3.63, 3.8) is 0 Å². The number of aromatic nitrogens is 3. The van der Waals surface area contributed by atoms with Crippen molar-refractivity contribution in [3.05, 3.63) is 23.7 Å². The van der Waals surface area contributed by atoms with E-state index < -0.39 is 0 Å². The number of nitrogens with one attached hydrogen (secondary N) is 1. The van der Waals surface area contributed by atoms with Gasteiger partial charge >= 0.3 is 0 Å². The van der Waals surface area contributed by atoms with Crippen LogP contribution in [0, 0.1) is 13.8 Å². The first-order valence-electron chi connectivity index (χ1n) is 7.59. The maximum atomic E-state index is 5.67. The van der Waals surface area contributed by atoms with Gasteiger partial charge in [-0.15, -0.1) is 11.3 Å². The van der Waals surface area contributed by atoms with Crippen molar-refractivity contribution in [1.29, 1.82) is 0 Å². The minimum Gasteiger partial charge on any atom is -0.376 e. The van der Waals surface area contributed by atoms with Crippen molar-refractivity contribution in [2.45, 2.75) is 32.8 Å². The first-order chi connectivity index (χ1) is 10.7. The molecular weight excluding hydrogens is 296 g/mol. The highest BCUT2D eigenvalue weighted by Crippen LogP contribution is 2.36. The lowest BCUT2D eigenvalue weighted by atomic mass is 10.1. The summed E-state index contributed by atoms with van der Waals surface area (Å²) in [4.78, 5) is 14.6. The molecule has 1 saturated heterocycles. The molecule has 22 heavy (non-hydrogen) atoms. The van der Waals surface area contributed by atoms with Gasteiger partial charge in [-0.3, -0.25) is 0 Å². The van der Waals surface area contributed by atoms with Gasteiger partial charge in [0.15, 0.2) is 0 Å². The number of pyridine rings is 1. The van der Waals surface area contributed by atoms with Crippen LogP contribution in [0.1, 0.15) is 24.1 Å². The lowest BCUT2D eigenvalue weighted by Crippen LogP contribution is -2.18. The topological polar surface area (TPSA) is 59.9 Å². The molecule has 0 aliphatic carbocycles. The molecule has 0 spiro atoms. The monoisotopic (exact) mass is 314 g/mol. The second-order valence-electron chi connectivity index (χ2n) is 5.78. The van der Waals surface area contributed by atoms with Gasteiger partial charge in [-0.1, -0.05) is 0 Å². The molecule has 0 radical (unpaired) electrons. The number of fused-ring (bicyclic) bond motifs is 3. The van der Waals surface area contributed by atoms with Crippen molar-refractivity contribution in [3.8, 4) is 0 Å². The summed E-state index contributed by atoms with van der Waals surface area (Å²) >= 11 is 1.66. The van der Waals surface area contributed by atoms with Crippen LogP contribution >= 0.6 is 11.3 Å². The van der Waals surface area contributed by atoms with Gasteiger partial charge in [0, 0.05) is 24.2 Å². The number of hydrogen-bond acceptors (Lipinski definition) is 6. The summed E-state index contributed by atoms with van der Waals surface area (Å²) < 4.78 is 6.75. The molecule has 6 heteroatoms. The highest BCUT2D eigenvalue weighted by Gasteiger charge is 2.18. The summed E-state index contributed by atoms with van der Waals surface area (Å²) in [6, 6.07) is 2.11. The molecule has 0 saturated carbocycles. The third-order valence-corrected chi connectivity index (χ3v) is 5.15. The van der Waals surface area contributed by atoms with Crippen LogP contribution in [-0.4, -0.2) is 34.2 Å². The number of anilines is 1. The van der Waals surface area contributed by atoms with Gasteiger partial charge in [-0.25, -0.2) is 15.0 Å². The Bertz CT molecular complexity index is 839. The fourth-order valence-corrected chi connectivity index (χ4v) is 4.27. The Kier molecular flexibility index (Phi) is 3.43. The molecule has 3 aromatic rings. The van der Waals surface area contributed by atoms with Crippen LogP contribution in [-0.2, 0) is 4.74 Å². The van der Waals surface area contributed by atoms with Gasteiger partial charge in [0.2, 0.25) is 0 Å². The van der Waals surface area contributed by atoms with E-state index in [2.05, 4.69) is 33.3 Å². The number of thiophene rings is 1. The normalized spacial score (nSPS) is 18.4. The number of ether oxygens (including phenoxy) is 1. The molecule has 5 nitrogen and oxygen atoms in total. The van der Waals surface area contributed by atoms with Crippen LogP contribution in [0.5, 0.6) is 0 Å². The molecule has 4 heterocycles. The van der Waals surface area contributed by atoms with E-state index in [1.165, 1.54) is 5.56 Å². The smallest absolute Gasteiger partial charge is 0.147 e. The average Bonchev–Trinajstić information content (AvgIpc) is 3.11. The van der Waals surface area contributed by atoms with E-state index in [4.69, 9.17) is 4.74 Å². The summed E-state index contributed by atoms with van der Waals surface area (Å²) in [5.74, 6) is 0.889. The average molecular weight is 314 g/mol.